The van der Waals surface area contributed by atoms with E-state index in [0.717, 1.165) is 48.3 Å². The van der Waals surface area contributed by atoms with Gasteiger partial charge in [-0.2, -0.15) is 10.5 Å². The zero-order valence-electron chi connectivity index (χ0n) is 52.7. The minimum atomic E-state index is -0.350. The maximum atomic E-state index is 9.45. The topological polar surface area (TPSA) is 91.8 Å². The number of nitrogens with zero attached hydrogens (tertiary/aromatic N) is 4. The number of hydrogen-bond donors (Lipinski definition) is 0. The van der Waals surface area contributed by atoms with Crippen molar-refractivity contribution >= 4 is 93.7 Å². The molecule has 0 amide bonds. The van der Waals surface area contributed by atoms with Gasteiger partial charge in [0.2, 0.25) is 0 Å². The molecule has 2 aromatic heterocycles. The van der Waals surface area contributed by atoms with Crippen molar-refractivity contribution in [3.63, 3.8) is 0 Å². The van der Waals surface area contributed by atoms with Crippen molar-refractivity contribution in [3.05, 3.63) is 281 Å². The van der Waals surface area contributed by atoms with Crippen LogP contribution in [-0.2, 0) is 20.1 Å². The van der Waals surface area contributed by atoms with Crippen LogP contribution in [0.25, 0.3) is 121 Å². The Morgan fingerprint density at radius 2 is 0.728 bits per heavy atom. The first-order chi connectivity index (χ1) is 44.4. The molecule has 8 heteroatoms. The van der Waals surface area contributed by atoms with Crippen molar-refractivity contribution in [1.82, 2.24) is 9.97 Å². The first-order valence-electron chi connectivity index (χ1n) is 31.4. The molecule has 0 bridgehead atoms. The van der Waals surface area contributed by atoms with Gasteiger partial charge in [-0.05, 0) is 195 Å². The van der Waals surface area contributed by atoms with Crippen LogP contribution >= 0.6 is 15.9 Å². The van der Waals surface area contributed by atoms with Gasteiger partial charge in [-0.3, -0.25) is 0 Å². The van der Waals surface area contributed by atoms with Crippen molar-refractivity contribution in [2.24, 2.45) is 0 Å². The molecule has 0 radical (unpaired) electrons. The third-order valence-electron chi connectivity index (χ3n) is 19.9. The van der Waals surface area contributed by atoms with Gasteiger partial charge in [-0.1, -0.05) is 213 Å². The Balaban J connectivity index is 0.000000122. The van der Waals surface area contributed by atoms with Crippen molar-refractivity contribution in [1.29, 1.82) is 10.5 Å². The molecule has 1 aliphatic heterocycles. The Morgan fingerprint density at radius 3 is 1.22 bits per heavy atom. The maximum Gasteiger partial charge on any atom is 0.494 e. The van der Waals surface area contributed by atoms with Gasteiger partial charge in [-0.15, -0.1) is 0 Å². The molecule has 0 atom stereocenters. The predicted molar refractivity (Wildman–Crippen MR) is 384 cm³/mol. The Labute approximate surface area is 545 Å². The third-order valence-corrected chi connectivity index (χ3v) is 20.6. The lowest BCUT2D eigenvalue weighted by molar-refractivity contribution is 0.00578. The zero-order valence-corrected chi connectivity index (χ0v) is 54.2. The molecule has 0 spiro atoms. The quantitative estimate of drug-likeness (QED) is 0.0990. The summed E-state index contributed by atoms with van der Waals surface area (Å²) in [7, 11) is -0.350. The van der Waals surface area contributed by atoms with E-state index in [1.807, 2.05) is 36.4 Å². The van der Waals surface area contributed by atoms with Gasteiger partial charge in [0.1, 0.15) is 0 Å². The van der Waals surface area contributed by atoms with Crippen LogP contribution < -0.4 is 5.46 Å². The predicted octanol–water partition coefficient (Wildman–Crippen LogP) is 21.2. The lowest BCUT2D eigenvalue weighted by atomic mass is 9.78. The lowest BCUT2D eigenvalue weighted by Gasteiger charge is -2.32. The average molecular weight is 1250 g/mol. The smallest absolute Gasteiger partial charge is 0.399 e. The number of pyridine rings is 2. The average Bonchev–Trinajstić information content (AvgIpc) is 1.54. The molecule has 17 rings (SSSR count). The molecule has 3 aliphatic rings. The fourth-order valence-electron chi connectivity index (χ4n) is 14.1. The monoisotopic (exact) mass is 1250 g/mol. The molecule has 12 aromatic carbocycles. The highest BCUT2D eigenvalue weighted by Crippen LogP contribution is 2.52. The minimum absolute atomic E-state index is 0.143. The zero-order chi connectivity index (χ0) is 63.4. The van der Waals surface area contributed by atoms with Crippen LogP contribution in [-0.4, -0.2) is 28.3 Å². The van der Waals surface area contributed by atoms with E-state index >= 15 is 0 Å². The van der Waals surface area contributed by atoms with Gasteiger partial charge in [0.25, 0.3) is 0 Å². The molecular weight excluding hydrogens is 1190 g/mol. The number of nitriles is 2. The van der Waals surface area contributed by atoms with E-state index in [1.165, 1.54) is 105 Å². The standard InChI is InChI=1S/C39H26N2.C28H28BNO2.C17H10BrN/c1-39(2)35-19-24(23-40)11-17-31(35)32-18-16-27(22-36(32)39)25-12-14-26(15-13-25)34-21-29-20-28-7-3-6-10-37(28)41-38(29)33-9-5-4-8-30(33)34;1-26(2)24-15-18(17-30)7-13-22(24)23-14-10-20(16-25(23)26)19-8-11-21(12-9-19)29-31-27(3,4)28(5,6)32-29;18-15-10-12-9-11-5-1-4-8-16(11)19-17(12)14-7-3-2-6-13(14)15/h3-22H,1-2H3;7-16H,1-6H3;1-10H. The molecule has 0 unspecified atom stereocenters. The molecule has 1 saturated heterocycles. The van der Waals surface area contributed by atoms with Gasteiger partial charge >= 0.3 is 7.12 Å². The summed E-state index contributed by atoms with van der Waals surface area (Å²) >= 11 is 3.65. The Bertz CT molecular complexity index is 5450. The summed E-state index contributed by atoms with van der Waals surface area (Å²) in [5.41, 5.74) is 22.8. The fraction of sp³-hybridized carbons (Fsp3) is 0.143. The molecule has 0 N–H and O–H groups in total. The number of benzene rings is 12. The third kappa shape index (κ3) is 9.85. The van der Waals surface area contributed by atoms with Gasteiger partial charge in [-0.25, -0.2) is 9.97 Å². The molecule has 442 valence electrons. The molecule has 14 aromatic rings. The summed E-state index contributed by atoms with van der Waals surface area (Å²) in [6.45, 7) is 17.3. The van der Waals surface area contributed by atoms with Crippen LogP contribution in [0.5, 0.6) is 0 Å². The first kappa shape index (κ1) is 58.3. The van der Waals surface area contributed by atoms with Crippen molar-refractivity contribution in [2.75, 3.05) is 0 Å². The van der Waals surface area contributed by atoms with E-state index in [-0.39, 0.29) is 29.2 Å². The van der Waals surface area contributed by atoms with E-state index < -0.39 is 0 Å². The number of rotatable bonds is 4. The number of para-hydroxylation sites is 2. The number of aromatic nitrogens is 2. The first-order valence-corrected chi connectivity index (χ1v) is 32.2. The van der Waals surface area contributed by atoms with E-state index in [1.54, 1.807) is 0 Å². The van der Waals surface area contributed by atoms with E-state index in [0.29, 0.717) is 11.1 Å². The van der Waals surface area contributed by atoms with E-state index in [4.69, 9.17) is 19.3 Å². The highest BCUT2D eigenvalue weighted by Gasteiger charge is 2.51. The summed E-state index contributed by atoms with van der Waals surface area (Å²) in [4.78, 5) is 9.87. The van der Waals surface area contributed by atoms with Crippen LogP contribution in [0.15, 0.2) is 247 Å². The molecule has 0 saturated carbocycles. The second-order valence-electron chi connectivity index (χ2n) is 26.7. The summed E-state index contributed by atoms with van der Waals surface area (Å²) < 4.78 is 13.5. The van der Waals surface area contributed by atoms with Gasteiger partial charge in [0.05, 0.1) is 56.5 Å². The SMILES string of the molecule is Brc1cc2cc3ccccc3nc2c2ccccc12.CC1(C)c2cc(C#N)ccc2-c2ccc(-c3ccc(-c4cc5cc6ccccc6nc5c5ccccc45)cc3)cc21.CC1(C)c2cc(C#N)ccc2-c2ccc(-c3ccc(B4OC(C)(C)C(C)(C)O4)cc3)cc21. The second kappa shape index (κ2) is 22.1. The summed E-state index contributed by atoms with van der Waals surface area (Å²) in [6, 6.07) is 90.0. The normalized spacial score (nSPS) is 15.0. The van der Waals surface area contributed by atoms with E-state index in [2.05, 4.69) is 290 Å². The van der Waals surface area contributed by atoms with Gasteiger partial charge < -0.3 is 9.31 Å². The summed E-state index contributed by atoms with van der Waals surface area (Å²) in [6.07, 6.45) is 0. The molecule has 3 heterocycles. The van der Waals surface area contributed by atoms with Gasteiger partial charge in [0.15, 0.2) is 0 Å². The summed E-state index contributed by atoms with van der Waals surface area (Å²) in [5, 5.41) is 28.2. The van der Waals surface area contributed by atoms with Crippen LogP contribution in [0.2, 0.25) is 0 Å². The van der Waals surface area contributed by atoms with E-state index in [9.17, 15) is 10.5 Å². The van der Waals surface area contributed by atoms with Crippen molar-refractivity contribution < 1.29 is 9.31 Å². The van der Waals surface area contributed by atoms with Crippen molar-refractivity contribution in [3.8, 4) is 67.8 Å². The molecule has 92 heavy (non-hydrogen) atoms. The van der Waals surface area contributed by atoms with Crippen LogP contribution in [0.1, 0.15) is 88.8 Å². The molecule has 6 nitrogen and oxygen atoms in total. The number of hydrogen-bond acceptors (Lipinski definition) is 6. The molecule has 2 aliphatic carbocycles. The second-order valence-corrected chi connectivity index (χ2v) is 27.5. The minimum Gasteiger partial charge on any atom is -0.399 e. The molecular formula is C84H64BBrN4O2. The Morgan fingerprint density at radius 1 is 0.348 bits per heavy atom. The van der Waals surface area contributed by atoms with Crippen LogP contribution in [0.4, 0.5) is 0 Å². The summed E-state index contributed by atoms with van der Waals surface area (Å²) in [5.74, 6) is 0. The number of halogens is 1. The Kier molecular flexibility index (Phi) is 14.0. The lowest BCUT2D eigenvalue weighted by Crippen LogP contribution is -2.41. The van der Waals surface area contributed by atoms with Crippen LogP contribution in [0, 0.1) is 22.7 Å². The molecule has 1 fully saturated rings. The van der Waals surface area contributed by atoms with Crippen molar-refractivity contribution in [2.45, 2.75) is 77.4 Å². The maximum absolute atomic E-state index is 9.45. The fourth-order valence-corrected chi connectivity index (χ4v) is 14.6. The van der Waals surface area contributed by atoms with Crippen LogP contribution in [0.3, 0.4) is 0 Å². The Hall–Kier alpha value is -10.1. The van der Waals surface area contributed by atoms with Gasteiger partial charge in [0, 0.05) is 47.6 Å². The largest absolute Gasteiger partial charge is 0.494 e. The highest BCUT2D eigenvalue weighted by atomic mass is 79.9. The number of fused-ring (bicyclic) bond motifs is 14. The highest BCUT2D eigenvalue weighted by molar-refractivity contribution is 9.10.